The van der Waals surface area contributed by atoms with Crippen molar-refractivity contribution < 1.29 is 18.4 Å². The molecule has 0 unspecified atom stereocenters. The molecular formula is C27H32F2N4O2. The third-order valence-electron chi connectivity index (χ3n) is 7.37. The van der Waals surface area contributed by atoms with Crippen molar-refractivity contribution in [3.8, 4) is 0 Å². The van der Waals surface area contributed by atoms with Gasteiger partial charge >= 0.3 is 0 Å². The highest BCUT2D eigenvalue weighted by atomic mass is 19.1. The van der Waals surface area contributed by atoms with Crippen molar-refractivity contribution in [3.05, 3.63) is 71.3 Å². The maximum Gasteiger partial charge on any atom is 0.236 e. The van der Waals surface area contributed by atoms with E-state index in [0.717, 1.165) is 50.1 Å². The Balaban J connectivity index is 1.17. The first kappa shape index (κ1) is 23.9. The Hall–Kier alpha value is -2.84. The summed E-state index contributed by atoms with van der Waals surface area (Å²) in [5.74, 6) is 0.0261. The van der Waals surface area contributed by atoms with E-state index in [-0.39, 0.29) is 35.4 Å². The zero-order valence-electron chi connectivity index (χ0n) is 19.9. The molecule has 0 N–H and O–H groups in total. The summed E-state index contributed by atoms with van der Waals surface area (Å²) in [5, 5.41) is 0. The van der Waals surface area contributed by atoms with E-state index in [1.165, 1.54) is 24.3 Å². The van der Waals surface area contributed by atoms with Gasteiger partial charge in [-0.25, -0.2) is 8.78 Å². The van der Waals surface area contributed by atoms with Gasteiger partial charge in [-0.1, -0.05) is 24.3 Å². The van der Waals surface area contributed by atoms with E-state index in [1.54, 1.807) is 24.3 Å². The van der Waals surface area contributed by atoms with E-state index in [2.05, 4.69) is 9.80 Å². The molecule has 2 amide bonds. The zero-order chi connectivity index (χ0) is 24.4. The first-order valence-electron chi connectivity index (χ1n) is 12.5. The molecule has 8 heteroatoms. The molecule has 0 spiro atoms. The van der Waals surface area contributed by atoms with Crippen LogP contribution in [0.4, 0.5) is 8.78 Å². The average Bonchev–Trinajstić information content (AvgIpc) is 3.73. The number of piperazine rings is 2. The van der Waals surface area contributed by atoms with Gasteiger partial charge in [0.1, 0.15) is 11.6 Å². The molecule has 5 rings (SSSR count). The quantitative estimate of drug-likeness (QED) is 0.636. The highest BCUT2D eigenvalue weighted by molar-refractivity contribution is 5.82. The van der Waals surface area contributed by atoms with E-state index in [9.17, 15) is 18.4 Å². The number of hydrogen-bond acceptors (Lipinski definition) is 4. The summed E-state index contributed by atoms with van der Waals surface area (Å²) >= 11 is 0. The van der Waals surface area contributed by atoms with Gasteiger partial charge in [0.2, 0.25) is 11.8 Å². The Morgan fingerprint density at radius 1 is 0.714 bits per heavy atom. The van der Waals surface area contributed by atoms with Crippen LogP contribution < -0.4 is 0 Å². The van der Waals surface area contributed by atoms with Crippen molar-refractivity contribution in [1.29, 1.82) is 0 Å². The van der Waals surface area contributed by atoms with Crippen molar-refractivity contribution in [2.45, 2.75) is 18.9 Å². The lowest BCUT2D eigenvalue weighted by Gasteiger charge is -2.40. The van der Waals surface area contributed by atoms with Gasteiger partial charge in [-0.15, -0.1) is 0 Å². The van der Waals surface area contributed by atoms with Crippen LogP contribution >= 0.6 is 0 Å². The van der Waals surface area contributed by atoms with Crippen LogP contribution in [0.2, 0.25) is 0 Å². The summed E-state index contributed by atoms with van der Waals surface area (Å²) in [6, 6.07) is 12.9. The fourth-order valence-corrected chi connectivity index (χ4v) is 5.14. The van der Waals surface area contributed by atoms with Crippen LogP contribution in [-0.2, 0) is 9.59 Å². The highest BCUT2D eigenvalue weighted by Gasteiger charge is 2.35. The minimum Gasteiger partial charge on any atom is -0.339 e. The third kappa shape index (κ3) is 5.70. The van der Waals surface area contributed by atoms with Gasteiger partial charge in [-0.05, 0) is 48.2 Å². The number of hydrogen-bond donors (Lipinski definition) is 0. The number of nitrogens with zero attached hydrogens (tertiary/aromatic N) is 4. The topological polar surface area (TPSA) is 47.1 Å². The maximum absolute atomic E-state index is 13.5. The zero-order valence-corrected chi connectivity index (χ0v) is 19.9. The lowest BCUT2D eigenvalue weighted by molar-refractivity contribution is -0.141. The van der Waals surface area contributed by atoms with Gasteiger partial charge < -0.3 is 9.80 Å². The molecule has 2 aromatic rings. The highest BCUT2D eigenvalue weighted by Crippen LogP contribution is 2.32. The van der Waals surface area contributed by atoms with Gasteiger partial charge in [-0.2, -0.15) is 0 Å². The predicted molar refractivity (Wildman–Crippen MR) is 129 cm³/mol. The SMILES string of the molecule is O=C(CN1CCN(C(c2ccc(F)cc2)c2ccc(F)cc2)CC1)N1CCN(C(=O)C2CC2)CC1. The van der Waals surface area contributed by atoms with Crippen LogP contribution in [0.1, 0.15) is 30.0 Å². The standard InChI is InChI=1S/C27H32F2N4O2/c28-23-7-3-20(4-8-23)26(21-5-9-24(29)10-6-21)32-13-11-30(12-14-32)19-25(34)31-15-17-33(18-16-31)27(35)22-1-2-22/h3-10,22,26H,1-2,11-19H2. The Labute approximate surface area is 205 Å². The van der Waals surface area contributed by atoms with Gasteiger partial charge in [0.15, 0.2) is 0 Å². The monoisotopic (exact) mass is 482 g/mol. The summed E-state index contributed by atoms with van der Waals surface area (Å²) in [4.78, 5) is 33.4. The number of carbonyl (C=O) groups excluding carboxylic acids is 2. The van der Waals surface area contributed by atoms with E-state index >= 15 is 0 Å². The van der Waals surface area contributed by atoms with Crippen molar-refractivity contribution in [1.82, 2.24) is 19.6 Å². The molecule has 186 valence electrons. The molecule has 3 fully saturated rings. The normalized spacial score (nSPS) is 19.9. The number of halogens is 2. The Morgan fingerprint density at radius 3 is 1.69 bits per heavy atom. The Kier molecular flexibility index (Phi) is 7.11. The average molecular weight is 483 g/mol. The van der Waals surface area contributed by atoms with Crippen molar-refractivity contribution in [2.75, 3.05) is 58.9 Å². The molecule has 0 bridgehead atoms. The van der Waals surface area contributed by atoms with Crippen LogP contribution in [0.15, 0.2) is 48.5 Å². The number of amides is 2. The summed E-state index contributed by atoms with van der Waals surface area (Å²) < 4.78 is 27.1. The second kappa shape index (κ2) is 10.4. The largest absolute Gasteiger partial charge is 0.339 e. The number of carbonyl (C=O) groups is 2. The fourth-order valence-electron chi connectivity index (χ4n) is 5.14. The summed E-state index contributed by atoms with van der Waals surface area (Å²) in [5.41, 5.74) is 1.92. The molecule has 6 nitrogen and oxygen atoms in total. The Morgan fingerprint density at radius 2 is 1.20 bits per heavy atom. The van der Waals surface area contributed by atoms with Gasteiger partial charge in [0, 0.05) is 58.3 Å². The van der Waals surface area contributed by atoms with Gasteiger partial charge in [0.25, 0.3) is 0 Å². The molecule has 3 aliphatic rings. The summed E-state index contributed by atoms with van der Waals surface area (Å²) in [6.45, 7) is 5.82. The third-order valence-corrected chi connectivity index (χ3v) is 7.37. The molecule has 0 radical (unpaired) electrons. The smallest absolute Gasteiger partial charge is 0.236 e. The summed E-state index contributed by atoms with van der Waals surface area (Å²) in [6.07, 6.45) is 2.01. The van der Waals surface area contributed by atoms with Crippen LogP contribution in [-0.4, -0.2) is 90.3 Å². The second-order valence-corrected chi connectivity index (χ2v) is 9.80. The molecule has 35 heavy (non-hydrogen) atoms. The van der Waals surface area contributed by atoms with Crippen molar-refractivity contribution in [2.24, 2.45) is 5.92 Å². The van der Waals surface area contributed by atoms with E-state index in [0.29, 0.717) is 32.7 Å². The van der Waals surface area contributed by atoms with Gasteiger partial charge in [-0.3, -0.25) is 19.4 Å². The van der Waals surface area contributed by atoms with E-state index in [4.69, 9.17) is 0 Å². The second-order valence-electron chi connectivity index (χ2n) is 9.80. The minimum atomic E-state index is -0.285. The molecule has 1 aliphatic carbocycles. The molecular weight excluding hydrogens is 450 g/mol. The van der Waals surface area contributed by atoms with Crippen LogP contribution in [0.3, 0.4) is 0 Å². The number of benzene rings is 2. The van der Waals surface area contributed by atoms with Crippen LogP contribution in [0, 0.1) is 17.6 Å². The molecule has 2 aliphatic heterocycles. The van der Waals surface area contributed by atoms with Crippen molar-refractivity contribution >= 4 is 11.8 Å². The molecule has 2 heterocycles. The fraction of sp³-hybridized carbons (Fsp3) is 0.481. The van der Waals surface area contributed by atoms with Crippen molar-refractivity contribution in [3.63, 3.8) is 0 Å². The predicted octanol–water partition coefficient (Wildman–Crippen LogP) is 2.75. The van der Waals surface area contributed by atoms with E-state index < -0.39 is 0 Å². The lowest BCUT2D eigenvalue weighted by Crippen LogP contribution is -2.55. The molecule has 0 aromatic heterocycles. The lowest BCUT2D eigenvalue weighted by atomic mass is 9.96. The minimum absolute atomic E-state index is 0.105. The molecule has 0 atom stereocenters. The van der Waals surface area contributed by atoms with Crippen LogP contribution in [0.5, 0.6) is 0 Å². The molecule has 2 saturated heterocycles. The first-order valence-corrected chi connectivity index (χ1v) is 12.5. The number of rotatable bonds is 6. The molecule has 2 aromatic carbocycles. The first-order chi connectivity index (χ1) is 17.0. The molecule has 1 saturated carbocycles. The van der Waals surface area contributed by atoms with Crippen LogP contribution in [0.25, 0.3) is 0 Å². The summed E-state index contributed by atoms with van der Waals surface area (Å²) in [7, 11) is 0. The Bertz CT molecular complexity index is 981. The van der Waals surface area contributed by atoms with E-state index in [1.807, 2.05) is 9.80 Å². The van der Waals surface area contributed by atoms with Gasteiger partial charge in [0.05, 0.1) is 12.6 Å². The maximum atomic E-state index is 13.5.